The van der Waals surface area contributed by atoms with Gasteiger partial charge >= 0.3 is 6.18 Å². The maximum absolute atomic E-state index is 12.2. The zero-order chi connectivity index (χ0) is 15.5. The van der Waals surface area contributed by atoms with Crippen molar-refractivity contribution in [2.75, 3.05) is 6.61 Å². The van der Waals surface area contributed by atoms with Crippen LogP contribution in [0.2, 0.25) is 0 Å². The molecular formula is C14H15F3N2O2. The van der Waals surface area contributed by atoms with Crippen LogP contribution in [0.15, 0.2) is 30.5 Å². The second-order valence-corrected chi connectivity index (χ2v) is 4.55. The number of hydrogen-bond acceptors (Lipinski definition) is 3. The monoisotopic (exact) mass is 300 g/mol. The Bertz CT molecular complexity index is 609. The maximum Gasteiger partial charge on any atom is 0.422 e. The van der Waals surface area contributed by atoms with Crippen molar-refractivity contribution in [3.05, 3.63) is 41.7 Å². The third-order valence-electron chi connectivity index (χ3n) is 2.72. The summed E-state index contributed by atoms with van der Waals surface area (Å²) in [6.45, 7) is 0.581. The van der Waals surface area contributed by atoms with Crippen molar-refractivity contribution < 1.29 is 22.6 Å². The van der Waals surface area contributed by atoms with Gasteiger partial charge in [0, 0.05) is 12.6 Å². The molecule has 0 bridgehead atoms. The Kier molecular flexibility index (Phi) is 4.40. The van der Waals surface area contributed by atoms with Gasteiger partial charge in [-0.25, -0.2) is 0 Å². The first-order chi connectivity index (χ1) is 9.85. The van der Waals surface area contributed by atoms with Crippen LogP contribution < -0.4 is 9.47 Å². The van der Waals surface area contributed by atoms with Gasteiger partial charge in [-0.3, -0.25) is 4.68 Å². The minimum atomic E-state index is -4.37. The lowest BCUT2D eigenvalue weighted by Gasteiger charge is -2.13. The van der Waals surface area contributed by atoms with E-state index in [1.54, 1.807) is 43.0 Å². The summed E-state index contributed by atoms with van der Waals surface area (Å²) in [7, 11) is 1.76. The van der Waals surface area contributed by atoms with Crippen molar-refractivity contribution in [2.45, 2.75) is 19.7 Å². The van der Waals surface area contributed by atoms with E-state index in [4.69, 9.17) is 9.47 Å². The van der Waals surface area contributed by atoms with Crippen molar-refractivity contribution in [3.63, 3.8) is 0 Å². The average Bonchev–Trinajstić information content (AvgIpc) is 2.72. The number of halogens is 3. The molecule has 1 aromatic carbocycles. The smallest absolute Gasteiger partial charge is 0.422 e. The molecule has 4 nitrogen and oxygen atoms in total. The lowest BCUT2D eigenvalue weighted by atomic mass is 10.2. The molecule has 114 valence electrons. The lowest BCUT2D eigenvalue weighted by molar-refractivity contribution is -0.153. The number of hydrogen-bond donors (Lipinski definition) is 0. The number of benzene rings is 1. The lowest BCUT2D eigenvalue weighted by Crippen LogP contribution is -2.19. The Morgan fingerprint density at radius 2 is 1.86 bits per heavy atom. The SMILES string of the molecule is Cc1nn(C)cc1OCc1ccccc1OCC(F)(F)F. The standard InChI is InChI=1S/C14H15F3N2O2/c1-10-13(7-19(2)18-10)20-8-11-5-3-4-6-12(11)21-9-14(15,16)17/h3-7H,8-9H2,1-2H3. The predicted octanol–water partition coefficient (Wildman–Crippen LogP) is 3.25. The molecule has 0 amide bonds. The Morgan fingerprint density at radius 1 is 1.14 bits per heavy atom. The summed E-state index contributed by atoms with van der Waals surface area (Å²) in [5.74, 6) is 0.750. The number of nitrogens with zero attached hydrogens (tertiary/aromatic N) is 2. The van der Waals surface area contributed by atoms with Crippen molar-refractivity contribution in [2.24, 2.45) is 7.05 Å². The summed E-state index contributed by atoms with van der Waals surface area (Å²) in [5, 5.41) is 4.13. The van der Waals surface area contributed by atoms with Crippen molar-refractivity contribution in [1.82, 2.24) is 9.78 Å². The van der Waals surface area contributed by atoms with Gasteiger partial charge in [-0.2, -0.15) is 18.3 Å². The summed E-state index contributed by atoms with van der Waals surface area (Å²) in [4.78, 5) is 0. The molecule has 0 spiro atoms. The van der Waals surface area contributed by atoms with Crippen molar-refractivity contribution in [3.8, 4) is 11.5 Å². The van der Waals surface area contributed by atoms with Crippen LogP contribution in [0.4, 0.5) is 13.2 Å². The molecule has 0 atom stereocenters. The molecule has 1 aromatic heterocycles. The molecule has 7 heteroatoms. The highest BCUT2D eigenvalue weighted by molar-refractivity contribution is 5.33. The van der Waals surface area contributed by atoms with E-state index in [1.165, 1.54) is 6.07 Å². The molecule has 2 rings (SSSR count). The molecule has 0 aliphatic heterocycles. The van der Waals surface area contributed by atoms with Crippen LogP contribution in [0.25, 0.3) is 0 Å². The van der Waals surface area contributed by atoms with Crippen LogP contribution in [-0.2, 0) is 13.7 Å². The summed E-state index contributed by atoms with van der Waals surface area (Å²) in [5.41, 5.74) is 1.26. The van der Waals surface area contributed by atoms with Crippen LogP contribution in [0.3, 0.4) is 0 Å². The Morgan fingerprint density at radius 3 is 2.48 bits per heavy atom. The van der Waals surface area contributed by atoms with E-state index in [-0.39, 0.29) is 12.4 Å². The highest BCUT2D eigenvalue weighted by Gasteiger charge is 2.28. The van der Waals surface area contributed by atoms with Crippen LogP contribution in [0.1, 0.15) is 11.3 Å². The van der Waals surface area contributed by atoms with E-state index in [2.05, 4.69) is 5.10 Å². The molecule has 1 heterocycles. The number of aromatic nitrogens is 2. The molecule has 2 aromatic rings. The fourth-order valence-corrected chi connectivity index (χ4v) is 1.80. The molecule has 0 aliphatic rings. The van der Waals surface area contributed by atoms with Gasteiger partial charge in [0.15, 0.2) is 12.4 Å². The summed E-state index contributed by atoms with van der Waals surface area (Å²) < 4.78 is 48.6. The molecule has 0 fully saturated rings. The van der Waals surface area contributed by atoms with Gasteiger partial charge in [-0.1, -0.05) is 18.2 Å². The number of aryl methyl sites for hydroxylation is 2. The van der Waals surface area contributed by atoms with E-state index >= 15 is 0 Å². The van der Waals surface area contributed by atoms with E-state index in [1.807, 2.05) is 0 Å². The summed E-state index contributed by atoms with van der Waals surface area (Å²) in [6, 6.07) is 6.48. The summed E-state index contributed by atoms with van der Waals surface area (Å²) in [6.07, 6.45) is -2.66. The highest BCUT2D eigenvalue weighted by atomic mass is 19.4. The maximum atomic E-state index is 12.2. The molecule has 0 radical (unpaired) electrons. The normalized spacial score (nSPS) is 11.5. The van der Waals surface area contributed by atoms with E-state index in [9.17, 15) is 13.2 Å². The van der Waals surface area contributed by atoms with Crippen LogP contribution in [-0.4, -0.2) is 22.6 Å². The second kappa shape index (κ2) is 6.07. The minimum absolute atomic E-state index is 0.112. The highest BCUT2D eigenvalue weighted by Crippen LogP contribution is 2.24. The molecule has 0 N–H and O–H groups in total. The van der Waals surface area contributed by atoms with Gasteiger partial charge < -0.3 is 9.47 Å². The Balaban J connectivity index is 2.04. The second-order valence-electron chi connectivity index (χ2n) is 4.55. The number of ether oxygens (including phenoxy) is 2. The molecule has 21 heavy (non-hydrogen) atoms. The predicted molar refractivity (Wildman–Crippen MR) is 70.3 cm³/mol. The van der Waals surface area contributed by atoms with Crippen LogP contribution >= 0.6 is 0 Å². The first-order valence-corrected chi connectivity index (χ1v) is 6.25. The fraction of sp³-hybridized carbons (Fsp3) is 0.357. The Labute approximate surface area is 120 Å². The largest absolute Gasteiger partial charge is 0.485 e. The van der Waals surface area contributed by atoms with Gasteiger partial charge in [0.25, 0.3) is 0 Å². The molecule has 0 saturated carbocycles. The summed E-state index contributed by atoms with van der Waals surface area (Å²) >= 11 is 0. The molecule has 0 saturated heterocycles. The first kappa shape index (κ1) is 15.2. The van der Waals surface area contributed by atoms with Crippen LogP contribution in [0, 0.1) is 6.92 Å². The quantitative estimate of drug-likeness (QED) is 0.850. The van der Waals surface area contributed by atoms with Crippen molar-refractivity contribution >= 4 is 0 Å². The third kappa shape index (κ3) is 4.40. The molecular weight excluding hydrogens is 285 g/mol. The fourth-order valence-electron chi connectivity index (χ4n) is 1.80. The van der Waals surface area contributed by atoms with E-state index in [0.717, 1.165) is 0 Å². The van der Waals surface area contributed by atoms with E-state index in [0.29, 0.717) is 17.0 Å². The zero-order valence-corrected chi connectivity index (χ0v) is 11.6. The van der Waals surface area contributed by atoms with Crippen molar-refractivity contribution in [1.29, 1.82) is 0 Å². The Hall–Kier alpha value is -2.18. The van der Waals surface area contributed by atoms with Crippen LogP contribution in [0.5, 0.6) is 11.5 Å². The molecule has 0 unspecified atom stereocenters. The zero-order valence-electron chi connectivity index (χ0n) is 11.6. The van der Waals surface area contributed by atoms with Gasteiger partial charge in [-0.05, 0) is 13.0 Å². The topological polar surface area (TPSA) is 36.3 Å². The third-order valence-corrected chi connectivity index (χ3v) is 2.72. The van der Waals surface area contributed by atoms with Gasteiger partial charge in [-0.15, -0.1) is 0 Å². The van der Waals surface area contributed by atoms with Gasteiger partial charge in [0.1, 0.15) is 18.1 Å². The first-order valence-electron chi connectivity index (χ1n) is 6.25. The minimum Gasteiger partial charge on any atom is -0.485 e. The van der Waals surface area contributed by atoms with Gasteiger partial charge in [0.2, 0.25) is 0 Å². The molecule has 0 aliphatic carbocycles. The number of alkyl halides is 3. The average molecular weight is 300 g/mol. The number of rotatable bonds is 5. The van der Waals surface area contributed by atoms with Gasteiger partial charge in [0.05, 0.1) is 6.20 Å². The number of para-hydroxylation sites is 1. The van der Waals surface area contributed by atoms with E-state index < -0.39 is 12.8 Å².